The molecule has 0 unspecified atom stereocenters. The number of nitrogens with zero attached hydrogens (tertiary/aromatic N) is 1. The van der Waals surface area contributed by atoms with Gasteiger partial charge in [0.05, 0.1) is 5.54 Å². The molecule has 3 N–H and O–H groups in total. The van der Waals surface area contributed by atoms with Crippen LogP contribution < -0.4 is 5.32 Å². The van der Waals surface area contributed by atoms with E-state index in [4.69, 9.17) is 10.2 Å². The first-order chi connectivity index (χ1) is 8.73. The van der Waals surface area contributed by atoms with Crippen molar-refractivity contribution >= 4 is 12.2 Å². The molecule has 0 bridgehead atoms. The van der Waals surface area contributed by atoms with Gasteiger partial charge in [-0.1, -0.05) is 30.3 Å². The van der Waals surface area contributed by atoms with Crippen molar-refractivity contribution in [2.45, 2.75) is 19.4 Å². The SMILES string of the molecule is CN(C(=O)O)C(C)(C)c1ccccc1.CNC(=O)O. The summed E-state index contributed by atoms with van der Waals surface area (Å²) in [5, 5.41) is 18.5. The van der Waals surface area contributed by atoms with Crippen LogP contribution in [0.2, 0.25) is 0 Å². The van der Waals surface area contributed by atoms with Crippen LogP contribution in [0.5, 0.6) is 0 Å². The van der Waals surface area contributed by atoms with E-state index in [9.17, 15) is 9.59 Å². The van der Waals surface area contributed by atoms with Crippen molar-refractivity contribution in [2.24, 2.45) is 0 Å². The fraction of sp³-hybridized carbons (Fsp3) is 0.385. The van der Waals surface area contributed by atoms with E-state index in [-0.39, 0.29) is 0 Å². The van der Waals surface area contributed by atoms with E-state index in [2.05, 4.69) is 0 Å². The Labute approximate surface area is 112 Å². The summed E-state index contributed by atoms with van der Waals surface area (Å²) in [6.07, 6.45) is -1.91. The van der Waals surface area contributed by atoms with Crippen LogP contribution in [-0.2, 0) is 5.54 Å². The van der Waals surface area contributed by atoms with Crippen LogP contribution >= 0.6 is 0 Å². The van der Waals surface area contributed by atoms with Gasteiger partial charge in [-0.25, -0.2) is 9.59 Å². The van der Waals surface area contributed by atoms with Gasteiger partial charge in [0, 0.05) is 14.1 Å². The van der Waals surface area contributed by atoms with Crippen molar-refractivity contribution in [3.63, 3.8) is 0 Å². The van der Waals surface area contributed by atoms with E-state index >= 15 is 0 Å². The second-order valence-electron chi connectivity index (χ2n) is 4.32. The summed E-state index contributed by atoms with van der Waals surface area (Å²) in [7, 11) is 2.93. The maximum absolute atomic E-state index is 10.8. The van der Waals surface area contributed by atoms with E-state index in [1.165, 1.54) is 11.9 Å². The van der Waals surface area contributed by atoms with Crippen LogP contribution in [0.4, 0.5) is 9.59 Å². The van der Waals surface area contributed by atoms with Crippen LogP contribution in [0, 0.1) is 0 Å². The molecule has 0 aliphatic rings. The molecule has 0 aliphatic carbocycles. The number of rotatable bonds is 2. The fourth-order valence-electron chi connectivity index (χ4n) is 1.28. The largest absolute Gasteiger partial charge is 0.465 e. The highest BCUT2D eigenvalue weighted by Gasteiger charge is 2.28. The molecule has 6 nitrogen and oxygen atoms in total. The predicted molar refractivity (Wildman–Crippen MR) is 72.3 cm³/mol. The van der Waals surface area contributed by atoms with Crippen LogP contribution in [0.25, 0.3) is 0 Å². The van der Waals surface area contributed by atoms with Crippen molar-refractivity contribution < 1.29 is 19.8 Å². The molecular formula is C13H20N2O4. The number of amides is 2. The zero-order chi connectivity index (χ0) is 15.1. The van der Waals surface area contributed by atoms with Crippen LogP contribution in [-0.4, -0.2) is 41.4 Å². The summed E-state index contributed by atoms with van der Waals surface area (Å²) < 4.78 is 0. The first kappa shape index (κ1) is 16.8. The lowest BCUT2D eigenvalue weighted by molar-refractivity contribution is 0.110. The number of benzene rings is 1. The van der Waals surface area contributed by atoms with Gasteiger partial charge in [-0.3, -0.25) is 0 Å². The summed E-state index contributed by atoms with van der Waals surface area (Å²) in [6, 6.07) is 9.60. The summed E-state index contributed by atoms with van der Waals surface area (Å²) >= 11 is 0. The van der Waals surface area contributed by atoms with Gasteiger partial charge in [0.1, 0.15) is 0 Å². The Kier molecular flexibility index (Phi) is 6.40. The number of carbonyl (C=O) groups is 2. The highest BCUT2D eigenvalue weighted by Crippen LogP contribution is 2.25. The van der Waals surface area contributed by atoms with Crippen molar-refractivity contribution in [3.8, 4) is 0 Å². The molecule has 0 fully saturated rings. The Morgan fingerprint density at radius 3 is 1.89 bits per heavy atom. The van der Waals surface area contributed by atoms with Crippen molar-refractivity contribution in [1.29, 1.82) is 0 Å². The molecule has 1 rings (SSSR count). The highest BCUT2D eigenvalue weighted by molar-refractivity contribution is 5.66. The monoisotopic (exact) mass is 268 g/mol. The number of nitrogens with one attached hydrogen (secondary N) is 1. The zero-order valence-electron chi connectivity index (χ0n) is 11.5. The molecule has 1 aromatic carbocycles. The Bertz CT molecular complexity index is 418. The molecule has 6 heteroatoms. The van der Waals surface area contributed by atoms with E-state index < -0.39 is 17.7 Å². The third-order valence-corrected chi connectivity index (χ3v) is 2.82. The highest BCUT2D eigenvalue weighted by atomic mass is 16.4. The van der Waals surface area contributed by atoms with Crippen molar-refractivity contribution in [3.05, 3.63) is 35.9 Å². The van der Waals surface area contributed by atoms with Gasteiger partial charge in [0.2, 0.25) is 0 Å². The maximum Gasteiger partial charge on any atom is 0.407 e. The van der Waals surface area contributed by atoms with E-state index in [1.54, 1.807) is 7.05 Å². The van der Waals surface area contributed by atoms with Crippen LogP contribution in [0.3, 0.4) is 0 Å². The van der Waals surface area contributed by atoms with E-state index in [0.29, 0.717) is 0 Å². The zero-order valence-corrected chi connectivity index (χ0v) is 11.5. The Morgan fingerprint density at radius 2 is 1.58 bits per heavy atom. The van der Waals surface area contributed by atoms with Crippen LogP contribution in [0.1, 0.15) is 19.4 Å². The normalized spacial score (nSPS) is 9.89. The molecule has 2 amide bonds. The number of hydrogen-bond donors (Lipinski definition) is 3. The topological polar surface area (TPSA) is 89.9 Å². The maximum atomic E-state index is 10.8. The third-order valence-electron chi connectivity index (χ3n) is 2.82. The molecule has 19 heavy (non-hydrogen) atoms. The Balaban J connectivity index is 0.000000555. The first-order valence-electron chi connectivity index (χ1n) is 5.66. The molecule has 106 valence electrons. The first-order valence-corrected chi connectivity index (χ1v) is 5.66. The standard InChI is InChI=1S/C11H15NO2.C2H5NO2/c1-11(2,12(3)10(13)14)9-7-5-4-6-8-9;1-3-2(4)5/h4-8H,1-3H3,(H,13,14);3H,1H3,(H,4,5). The second kappa shape index (κ2) is 7.25. The average Bonchev–Trinajstić information content (AvgIpc) is 2.39. The smallest absolute Gasteiger partial charge is 0.407 e. The van der Waals surface area contributed by atoms with Crippen molar-refractivity contribution in [1.82, 2.24) is 10.2 Å². The Morgan fingerprint density at radius 1 is 1.16 bits per heavy atom. The summed E-state index contributed by atoms with van der Waals surface area (Å²) in [4.78, 5) is 21.4. The van der Waals surface area contributed by atoms with Gasteiger partial charge in [0.25, 0.3) is 0 Å². The van der Waals surface area contributed by atoms with Gasteiger partial charge in [-0.15, -0.1) is 0 Å². The van der Waals surface area contributed by atoms with Crippen LogP contribution in [0.15, 0.2) is 30.3 Å². The van der Waals surface area contributed by atoms with Gasteiger partial charge < -0.3 is 20.4 Å². The average molecular weight is 268 g/mol. The lowest BCUT2D eigenvalue weighted by Gasteiger charge is -2.33. The van der Waals surface area contributed by atoms with Gasteiger partial charge in [0.15, 0.2) is 0 Å². The lowest BCUT2D eigenvalue weighted by atomic mass is 9.93. The predicted octanol–water partition coefficient (Wildman–Crippen LogP) is 2.42. The molecular weight excluding hydrogens is 248 g/mol. The molecule has 0 heterocycles. The van der Waals surface area contributed by atoms with Gasteiger partial charge in [-0.2, -0.15) is 0 Å². The summed E-state index contributed by atoms with van der Waals surface area (Å²) in [5.74, 6) is 0. The van der Waals surface area contributed by atoms with E-state index in [1.807, 2.05) is 49.5 Å². The molecule has 0 spiro atoms. The minimum atomic E-state index is -0.995. The van der Waals surface area contributed by atoms with Gasteiger partial charge in [-0.05, 0) is 19.4 Å². The fourth-order valence-corrected chi connectivity index (χ4v) is 1.28. The number of carboxylic acid groups (broad SMARTS) is 2. The minimum absolute atomic E-state index is 0.493. The van der Waals surface area contributed by atoms with E-state index in [0.717, 1.165) is 5.56 Å². The van der Waals surface area contributed by atoms with Crippen molar-refractivity contribution in [2.75, 3.05) is 14.1 Å². The molecule has 0 atom stereocenters. The minimum Gasteiger partial charge on any atom is -0.465 e. The Hall–Kier alpha value is -2.24. The molecule has 1 aromatic rings. The lowest BCUT2D eigenvalue weighted by Crippen LogP contribution is -2.41. The second-order valence-corrected chi connectivity index (χ2v) is 4.32. The number of hydrogen-bond acceptors (Lipinski definition) is 2. The molecule has 0 saturated heterocycles. The molecule has 0 aliphatic heterocycles. The summed E-state index contributed by atoms with van der Waals surface area (Å²) in [5.41, 5.74) is 0.498. The third kappa shape index (κ3) is 5.29. The molecule has 0 radical (unpaired) electrons. The quantitative estimate of drug-likeness (QED) is 0.768. The summed E-state index contributed by atoms with van der Waals surface area (Å²) in [6.45, 7) is 3.77. The molecule has 0 aromatic heterocycles. The molecule has 0 saturated carbocycles. The van der Waals surface area contributed by atoms with Gasteiger partial charge >= 0.3 is 12.2 Å².